The second kappa shape index (κ2) is 8.98. The molecule has 3 heterocycles. The Morgan fingerprint density at radius 1 is 0.912 bits per heavy atom. The van der Waals surface area contributed by atoms with E-state index in [0.29, 0.717) is 11.4 Å². The topological polar surface area (TPSA) is 41.8 Å². The van der Waals surface area contributed by atoms with Crippen LogP contribution < -0.4 is 0 Å². The van der Waals surface area contributed by atoms with Crippen LogP contribution in [0.5, 0.6) is 0 Å². The van der Waals surface area contributed by atoms with E-state index in [4.69, 9.17) is 17.3 Å². The molecule has 3 aromatic carbocycles. The third-order valence-electron chi connectivity index (χ3n) is 6.43. The molecule has 5 nitrogen and oxygen atoms in total. The van der Waals surface area contributed by atoms with E-state index < -0.39 is 0 Å². The number of rotatable bonds is 5. The number of hydrogen-bond acceptors (Lipinski definition) is 3. The van der Waals surface area contributed by atoms with Gasteiger partial charge in [0.2, 0.25) is 4.77 Å². The van der Waals surface area contributed by atoms with Crippen molar-refractivity contribution in [3.05, 3.63) is 88.1 Å². The smallest absolute Gasteiger partial charge is 0.204 e. The summed E-state index contributed by atoms with van der Waals surface area (Å²) in [5.41, 5.74) is 5.31. The van der Waals surface area contributed by atoms with Gasteiger partial charge in [-0.25, -0.2) is 4.68 Å². The van der Waals surface area contributed by atoms with Crippen molar-refractivity contribution >= 4 is 39.1 Å². The Hall–Kier alpha value is -3.00. The van der Waals surface area contributed by atoms with E-state index in [1.807, 2.05) is 28.9 Å². The number of aromatic amines is 1. The highest BCUT2D eigenvalue weighted by Crippen LogP contribution is 2.39. The Kier molecular flexibility index (Phi) is 5.69. The van der Waals surface area contributed by atoms with Crippen molar-refractivity contribution < 1.29 is 0 Å². The number of hydrogen-bond donors (Lipinski definition) is 1. The molecule has 1 aliphatic rings. The van der Waals surface area contributed by atoms with Crippen molar-refractivity contribution in [3.63, 3.8) is 0 Å². The van der Waals surface area contributed by atoms with Crippen molar-refractivity contribution in [1.29, 1.82) is 0 Å². The van der Waals surface area contributed by atoms with Gasteiger partial charge in [-0.3, -0.25) is 9.47 Å². The first-order valence-corrected chi connectivity index (χ1v) is 12.7. The van der Waals surface area contributed by atoms with Crippen molar-refractivity contribution in [2.24, 2.45) is 0 Å². The summed E-state index contributed by atoms with van der Waals surface area (Å²) >= 11 is 9.67. The molecular formula is C27H24BrN5S. The van der Waals surface area contributed by atoms with Crippen LogP contribution in [0.15, 0.2) is 83.3 Å². The van der Waals surface area contributed by atoms with Crippen molar-refractivity contribution in [3.8, 4) is 28.3 Å². The van der Waals surface area contributed by atoms with Crippen LogP contribution in [0.1, 0.15) is 12.8 Å². The summed E-state index contributed by atoms with van der Waals surface area (Å²) in [6.07, 6.45) is 2.46. The first kappa shape index (κ1) is 21.5. The van der Waals surface area contributed by atoms with Gasteiger partial charge in [-0.2, -0.15) is 0 Å². The molecule has 0 unspecified atom stereocenters. The Bertz CT molecular complexity index is 1510. The number of nitrogens with zero attached hydrogens (tertiary/aromatic N) is 4. The molecule has 0 amide bonds. The molecule has 1 N–H and O–H groups in total. The maximum atomic E-state index is 6.01. The fraction of sp³-hybridized carbons (Fsp3) is 0.185. The lowest BCUT2D eigenvalue weighted by molar-refractivity contribution is 0.253. The number of benzene rings is 3. The average Bonchev–Trinajstić information content (AvgIpc) is 3.58. The van der Waals surface area contributed by atoms with Crippen LogP contribution in [-0.4, -0.2) is 37.3 Å². The molecule has 0 bridgehead atoms. The van der Waals surface area contributed by atoms with Gasteiger partial charge in [0.15, 0.2) is 5.82 Å². The fourth-order valence-corrected chi connectivity index (χ4v) is 5.47. The lowest BCUT2D eigenvalue weighted by atomic mass is 10.0. The van der Waals surface area contributed by atoms with Gasteiger partial charge in [0.1, 0.15) is 0 Å². The maximum Gasteiger partial charge on any atom is 0.204 e. The van der Waals surface area contributed by atoms with E-state index in [9.17, 15) is 0 Å². The Labute approximate surface area is 211 Å². The molecule has 0 atom stereocenters. The minimum atomic E-state index is 0.701. The molecule has 7 heteroatoms. The van der Waals surface area contributed by atoms with Crippen LogP contribution in [0.3, 0.4) is 0 Å². The molecule has 0 aliphatic carbocycles. The summed E-state index contributed by atoms with van der Waals surface area (Å²) < 4.78 is 5.81. The molecule has 6 rings (SSSR count). The minimum absolute atomic E-state index is 0.701. The van der Waals surface area contributed by atoms with E-state index in [1.165, 1.54) is 12.8 Å². The van der Waals surface area contributed by atoms with Gasteiger partial charge in [0.05, 0.1) is 18.1 Å². The fourth-order valence-electron chi connectivity index (χ4n) is 4.82. The number of fused-ring (bicyclic) bond motifs is 1. The van der Waals surface area contributed by atoms with E-state index in [2.05, 4.69) is 85.0 Å². The quantitative estimate of drug-likeness (QED) is 0.248. The number of likely N-dealkylation sites (tertiary alicyclic amines) is 1. The molecule has 0 saturated carbocycles. The van der Waals surface area contributed by atoms with Crippen LogP contribution in [0.2, 0.25) is 0 Å². The number of H-pyrrole nitrogens is 1. The Morgan fingerprint density at radius 3 is 2.35 bits per heavy atom. The lowest BCUT2D eigenvalue weighted by Gasteiger charge is -2.13. The molecule has 0 radical (unpaired) electrons. The third-order valence-corrected chi connectivity index (χ3v) is 7.32. The van der Waals surface area contributed by atoms with Crippen LogP contribution in [-0.2, 0) is 6.67 Å². The summed E-state index contributed by atoms with van der Waals surface area (Å²) in [7, 11) is 0. The van der Waals surface area contributed by atoms with E-state index in [1.54, 1.807) is 0 Å². The van der Waals surface area contributed by atoms with Gasteiger partial charge >= 0.3 is 0 Å². The zero-order valence-electron chi connectivity index (χ0n) is 18.6. The molecule has 1 aliphatic heterocycles. The Morgan fingerprint density at radius 2 is 1.62 bits per heavy atom. The molecule has 0 spiro atoms. The summed E-state index contributed by atoms with van der Waals surface area (Å²) in [6, 6.07) is 27.1. The first-order valence-electron chi connectivity index (χ1n) is 11.5. The number of aromatic nitrogens is 4. The minimum Gasteiger partial charge on any atom is -0.351 e. The summed E-state index contributed by atoms with van der Waals surface area (Å²) in [6.45, 7) is 2.88. The molecule has 1 fully saturated rings. The predicted octanol–water partition coefficient (Wildman–Crippen LogP) is 7.03. The standard InChI is InChI=1S/C27H24BrN5S/c28-20-13-14-23-22(17-20)24(19-9-3-1-4-10-19)25(29-23)26-30-32(18-31-15-7-8-16-31)27(34)33(26)21-11-5-2-6-12-21/h1-6,9-14,17,29H,7-8,15-16,18H2. The molecule has 2 aromatic heterocycles. The van der Waals surface area contributed by atoms with Gasteiger partial charge < -0.3 is 4.98 Å². The normalized spacial score (nSPS) is 14.3. The molecule has 34 heavy (non-hydrogen) atoms. The van der Waals surface area contributed by atoms with Gasteiger partial charge in [0, 0.05) is 20.9 Å². The number of nitrogens with one attached hydrogen (secondary N) is 1. The summed E-state index contributed by atoms with van der Waals surface area (Å²) in [5.74, 6) is 0.821. The zero-order valence-corrected chi connectivity index (χ0v) is 21.0. The molecule has 170 valence electrons. The van der Waals surface area contributed by atoms with Gasteiger partial charge in [-0.05, 0) is 74.0 Å². The average molecular weight is 530 g/mol. The van der Waals surface area contributed by atoms with Gasteiger partial charge in [-0.15, -0.1) is 5.10 Å². The highest BCUT2D eigenvalue weighted by atomic mass is 79.9. The van der Waals surface area contributed by atoms with Gasteiger partial charge in [0.25, 0.3) is 0 Å². The van der Waals surface area contributed by atoms with E-state index in [0.717, 1.165) is 56.8 Å². The maximum absolute atomic E-state index is 6.01. The highest BCUT2D eigenvalue weighted by Gasteiger charge is 2.23. The van der Waals surface area contributed by atoms with Crippen LogP contribution in [0, 0.1) is 4.77 Å². The third kappa shape index (κ3) is 3.83. The predicted molar refractivity (Wildman–Crippen MR) is 144 cm³/mol. The number of halogens is 1. The number of para-hydroxylation sites is 1. The second-order valence-corrected chi connectivity index (χ2v) is 9.95. The highest BCUT2D eigenvalue weighted by molar-refractivity contribution is 9.10. The van der Waals surface area contributed by atoms with Crippen molar-refractivity contribution in [2.75, 3.05) is 13.1 Å². The monoisotopic (exact) mass is 529 g/mol. The summed E-state index contributed by atoms with van der Waals surface area (Å²) in [4.78, 5) is 6.09. The Balaban J connectivity index is 1.63. The van der Waals surface area contributed by atoms with Crippen molar-refractivity contribution in [2.45, 2.75) is 19.5 Å². The van der Waals surface area contributed by atoms with Crippen molar-refractivity contribution in [1.82, 2.24) is 24.2 Å². The first-order chi connectivity index (χ1) is 16.7. The molecular weight excluding hydrogens is 506 g/mol. The zero-order chi connectivity index (χ0) is 23.1. The molecule has 5 aromatic rings. The van der Waals surface area contributed by atoms with Crippen LogP contribution >= 0.6 is 28.1 Å². The van der Waals surface area contributed by atoms with Gasteiger partial charge in [-0.1, -0.05) is 64.5 Å². The summed E-state index contributed by atoms with van der Waals surface area (Å²) in [5, 5.41) is 6.26. The van der Waals surface area contributed by atoms with Crippen LogP contribution in [0.25, 0.3) is 39.2 Å². The molecule has 1 saturated heterocycles. The SMILES string of the molecule is S=c1n(CN2CCCC2)nc(-c2[nH]c3ccc(Br)cc3c2-c2ccccc2)n1-c1ccccc1. The van der Waals surface area contributed by atoms with E-state index in [-0.39, 0.29) is 0 Å². The van der Waals surface area contributed by atoms with E-state index >= 15 is 0 Å². The second-order valence-electron chi connectivity index (χ2n) is 8.67. The lowest BCUT2D eigenvalue weighted by Crippen LogP contribution is -2.23. The van der Waals surface area contributed by atoms with Crippen LogP contribution in [0.4, 0.5) is 0 Å². The largest absolute Gasteiger partial charge is 0.351 e.